The van der Waals surface area contributed by atoms with Gasteiger partial charge in [0.25, 0.3) is 5.91 Å². The number of anilines is 2. The number of nitrogen functional groups attached to an aromatic ring is 1. The monoisotopic (exact) mass is 430 g/mol. The van der Waals surface area contributed by atoms with Crippen molar-refractivity contribution in [3.8, 4) is 0 Å². The summed E-state index contributed by atoms with van der Waals surface area (Å²) in [6.45, 7) is 0. The van der Waals surface area contributed by atoms with Gasteiger partial charge in [0, 0.05) is 15.1 Å². The van der Waals surface area contributed by atoms with E-state index in [-0.39, 0.29) is 5.91 Å². The zero-order valence-electron chi connectivity index (χ0n) is 10.2. The molecule has 0 aromatic heterocycles. The van der Waals surface area contributed by atoms with Gasteiger partial charge in [0.2, 0.25) is 0 Å². The molecule has 0 heterocycles. The van der Waals surface area contributed by atoms with Crippen LogP contribution in [0.3, 0.4) is 0 Å². The van der Waals surface area contributed by atoms with E-state index < -0.39 is 0 Å². The van der Waals surface area contributed by atoms with Crippen molar-refractivity contribution in [2.75, 3.05) is 17.7 Å². The topological polar surface area (TPSA) is 46.3 Å². The summed E-state index contributed by atoms with van der Waals surface area (Å²) in [5, 5.41) is 0. The lowest BCUT2D eigenvalue weighted by Gasteiger charge is -2.20. The molecule has 3 nitrogen and oxygen atoms in total. The van der Waals surface area contributed by atoms with Crippen molar-refractivity contribution < 1.29 is 4.79 Å². The second-order valence-corrected chi connectivity index (χ2v) is 6.13. The lowest BCUT2D eigenvalue weighted by atomic mass is 10.2. The molecule has 1 amide bonds. The molecule has 0 bridgehead atoms. The molecule has 0 fully saturated rings. The number of hydrogen-bond acceptors (Lipinski definition) is 2. The van der Waals surface area contributed by atoms with Crippen LogP contribution >= 0.6 is 38.5 Å². The smallest absolute Gasteiger partial charge is 0.259 e. The molecule has 19 heavy (non-hydrogen) atoms. The average Bonchev–Trinajstić information content (AvgIpc) is 2.38. The van der Waals surface area contributed by atoms with Crippen LogP contribution in [0, 0.1) is 3.57 Å². The SMILES string of the molecule is CN(C(=O)c1ccccc1I)c1ccc(Br)cc1N. The number of amides is 1. The fraction of sp³-hybridized carbons (Fsp3) is 0.0714. The van der Waals surface area contributed by atoms with Crippen LogP contribution in [-0.4, -0.2) is 13.0 Å². The Morgan fingerprint density at radius 3 is 2.58 bits per heavy atom. The van der Waals surface area contributed by atoms with Crippen LogP contribution in [-0.2, 0) is 0 Å². The molecule has 2 rings (SSSR count). The molecular weight excluding hydrogens is 419 g/mol. The van der Waals surface area contributed by atoms with E-state index in [4.69, 9.17) is 5.73 Å². The number of carbonyl (C=O) groups is 1. The molecule has 0 radical (unpaired) electrons. The van der Waals surface area contributed by atoms with Crippen LogP contribution in [0.25, 0.3) is 0 Å². The molecule has 98 valence electrons. The molecule has 0 saturated heterocycles. The third kappa shape index (κ3) is 3.09. The van der Waals surface area contributed by atoms with E-state index >= 15 is 0 Å². The van der Waals surface area contributed by atoms with Gasteiger partial charge >= 0.3 is 0 Å². The number of halogens is 2. The Hall–Kier alpha value is -1.08. The van der Waals surface area contributed by atoms with Gasteiger partial charge < -0.3 is 10.6 Å². The average molecular weight is 431 g/mol. The number of carbonyl (C=O) groups excluding carboxylic acids is 1. The largest absolute Gasteiger partial charge is 0.397 e. The first-order chi connectivity index (χ1) is 9.00. The lowest BCUT2D eigenvalue weighted by Crippen LogP contribution is -2.27. The third-order valence-corrected chi connectivity index (χ3v) is 4.19. The van der Waals surface area contributed by atoms with Crippen molar-refractivity contribution in [2.45, 2.75) is 0 Å². The van der Waals surface area contributed by atoms with Crippen molar-refractivity contribution in [3.05, 3.63) is 56.1 Å². The lowest BCUT2D eigenvalue weighted by molar-refractivity contribution is 0.0992. The van der Waals surface area contributed by atoms with Crippen LogP contribution in [0.4, 0.5) is 11.4 Å². The molecule has 5 heteroatoms. The van der Waals surface area contributed by atoms with Crippen molar-refractivity contribution in [2.24, 2.45) is 0 Å². The van der Waals surface area contributed by atoms with E-state index in [1.54, 1.807) is 18.0 Å². The summed E-state index contributed by atoms with van der Waals surface area (Å²) < 4.78 is 1.82. The first kappa shape index (κ1) is 14.3. The summed E-state index contributed by atoms with van der Waals surface area (Å²) in [5.74, 6) is -0.0703. The minimum absolute atomic E-state index is 0.0703. The van der Waals surface area contributed by atoms with Gasteiger partial charge in [0.1, 0.15) is 0 Å². The minimum atomic E-state index is -0.0703. The first-order valence-corrected chi connectivity index (χ1v) is 7.45. The third-order valence-electron chi connectivity index (χ3n) is 2.76. The fourth-order valence-electron chi connectivity index (χ4n) is 1.76. The highest BCUT2D eigenvalue weighted by Gasteiger charge is 2.17. The first-order valence-electron chi connectivity index (χ1n) is 5.58. The van der Waals surface area contributed by atoms with Crippen molar-refractivity contribution in [3.63, 3.8) is 0 Å². The molecule has 2 N–H and O–H groups in total. The highest BCUT2D eigenvalue weighted by Crippen LogP contribution is 2.27. The number of nitrogens with zero attached hydrogens (tertiary/aromatic N) is 1. The number of rotatable bonds is 2. The summed E-state index contributed by atoms with van der Waals surface area (Å²) in [5.41, 5.74) is 7.89. The van der Waals surface area contributed by atoms with Gasteiger partial charge in [-0.2, -0.15) is 0 Å². The Balaban J connectivity index is 2.37. The van der Waals surface area contributed by atoms with Crippen LogP contribution in [0.15, 0.2) is 46.9 Å². The molecule has 0 atom stereocenters. The molecule has 0 aliphatic carbocycles. The Labute approximate surface area is 134 Å². The maximum absolute atomic E-state index is 12.5. The Bertz CT molecular complexity index is 631. The van der Waals surface area contributed by atoms with Gasteiger partial charge in [0.15, 0.2) is 0 Å². The molecular formula is C14H12BrIN2O. The van der Waals surface area contributed by atoms with Gasteiger partial charge in [-0.25, -0.2) is 0 Å². The molecule has 2 aromatic rings. The maximum atomic E-state index is 12.5. The van der Waals surface area contributed by atoms with Crippen LogP contribution in [0.1, 0.15) is 10.4 Å². The zero-order valence-corrected chi connectivity index (χ0v) is 14.0. The van der Waals surface area contributed by atoms with Gasteiger partial charge in [-0.05, 0) is 52.9 Å². The van der Waals surface area contributed by atoms with Gasteiger partial charge in [-0.1, -0.05) is 28.1 Å². The van der Waals surface area contributed by atoms with E-state index in [2.05, 4.69) is 38.5 Å². The van der Waals surface area contributed by atoms with E-state index in [1.165, 1.54) is 0 Å². The molecule has 0 saturated carbocycles. The Morgan fingerprint density at radius 2 is 1.95 bits per heavy atom. The van der Waals surface area contributed by atoms with Gasteiger partial charge in [-0.3, -0.25) is 4.79 Å². The Morgan fingerprint density at radius 1 is 1.26 bits per heavy atom. The highest BCUT2D eigenvalue weighted by atomic mass is 127. The van der Waals surface area contributed by atoms with Crippen molar-refractivity contribution in [1.82, 2.24) is 0 Å². The Kier molecular flexibility index (Phi) is 4.46. The minimum Gasteiger partial charge on any atom is -0.397 e. The second-order valence-electron chi connectivity index (χ2n) is 4.05. The van der Waals surface area contributed by atoms with Crippen molar-refractivity contribution in [1.29, 1.82) is 0 Å². The van der Waals surface area contributed by atoms with Gasteiger partial charge in [0.05, 0.1) is 16.9 Å². The van der Waals surface area contributed by atoms with Crippen LogP contribution in [0.2, 0.25) is 0 Å². The molecule has 0 aliphatic rings. The normalized spacial score (nSPS) is 10.3. The molecule has 2 aromatic carbocycles. The summed E-state index contributed by atoms with van der Waals surface area (Å²) in [6, 6.07) is 13.0. The quantitative estimate of drug-likeness (QED) is 0.579. The van der Waals surface area contributed by atoms with Gasteiger partial charge in [-0.15, -0.1) is 0 Å². The predicted molar refractivity (Wildman–Crippen MR) is 90.4 cm³/mol. The number of nitrogens with two attached hydrogens (primary N) is 1. The number of benzene rings is 2. The zero-order chi connectivity index (χ0) is 14.0. The summed E-state index contributed by atoms with van der Waals surface area (Å²) in [7, 11) is 1.73. The van der Waals surface area contributed by atoms with Crippen LogP contribution < -0.4 is 10.6 Å². The van der Waals surface area contributed by atoms with E-state index in [0.29, 0.717) is 16.9 Å². The van der Waals surface area contributed by atoms with E-state index in [1.807, 2.05) is 36.4 Å². The van der Waals surface area contributed by atoms with E-state index in [0.717, 1.165) is 8.04 Å². The second kappa shape index (κ2) is 5.92. The number of hydrogen-bond donors (Lipinski definition) is 1. The predicted octanol–water partition coefficient (Wildman–Crippen LogP) is 3.91. The maximum Gasteiger partial charge on any atom is 0.259 e. The molecule has 0 unspecified atom stereocenters. The van der Waals surface area contributed by atoms with E-state index in [9.17, 15) is 4.79 Å². The summed E-state index contributed by atoms with van der Waals surface area (Å²) in [4.78, 5) is 14.0. The standard InChI is InChI=1S/C14H12BrIN2O/c1-18(13-7-6-9(15)8-12(13)17)14(19)10-4-2-3-5-11(10)16/h2-8H,17H2,1H3. The summed E-state index contributed by atoms with van der Waals surface area (Å²) in [6.07, 6.45) is 0. The fourth-order valence-corrected chi connectivity index (χ4v) is 2.75. The van der Waals surface area contributed by atoms with Crippen LogP contribution in [0.5, 0.6) is 0 Å². The van der Waals surface area contributed by atoms with Crippen molar-refractivity contribution >= 4 is 55.8 Å². The summed E-state index contributed by atoms with van der Waals surface area (Å²) >= 11 is 5.51. The highest BCUT2D eigenvalue weighted by molar-refractivity contribution is 14.1. The molecule has 0 aliphatic heterocycles. The molecule has 0 spiro atoms.